The third-order valence-electron chi connectivity index (χ3n) is 2.15. The van der Waals surface area contributed by atoms with Crippen molar-refractivity contribution in [1.29, 1.82) is 0 Å². The maximum atomic E-state index is 6.04. The minimum Gasteiger partial charge on any atom is -0.397 e. The van der Waals surface area contributed by atoms with Crippen LogP contribution in [0.3, 0.4) is 0 Å². The summed E-state index contributed by atoms with van der Waals surface area (Å²) in [6.07, 6.45) is 0. The fourth-order valence-electron chi connectivity index (χ4n) is 1.41. The van der Waals surface area contributed by atoms with E-state index < -0.39 is 0 Å². The van der Waals surface area contributed by atoms with Gasteiger partial charge >= 0.3 is 0 Å². The maximum absolute atomic E-state index is 6.04. The van der Waals surface area contributed by atoms with Crippen LogP contribution in [0.1, 0.15) is 5.69 Å². The summed E-state index contributed by atoms with van der Waals surface area (Å²) in [7, 11) is 0. The van der Waals surface area contributed by atoms with Crippen molar-refractivity contribution in [3.8, 4) is 0 Å². The third kappa shape index (κ3) is 1.80. The first kappa shape index (κ1) is 11.0. The minimum atomic E-state index is 0.514. The van der Waals surface area contributed by atoms with E-state index >= 15 is 0 Å². The molecule has 5 heteroatoms. The monoisotopic (exact) mass is 304 g/mol. The second-order valence-corrected chi connectivity index (χ2v) is 4.85. The van der Waals surface area contributed by atoms with Gasteiger partial charge in [0.1, 0.15) is 0 Å². The zero-order valence-electron chi connectivity index (χ0n) is 7.81. The second-order valence-electron chi connectivity index (χ2n) is 3.21. The van der Waals surface area contributed by atoms with Crippen LogP contribution in [0.2, 0.25) is 10.0 Å². The number of anilines is 1. The fourth-order valence-corrected chi connectivity index (χ4v) is 2.25. The Morgan fingerprint density at radius 1 is 1.33 bits per heavy atom. The van der Waals surface area contributed by atoms with E-state index in [9.17, 15) is 0 Å². The molecule has 0 spiro atoms. The van der Waals surface area contributed by atoms with Crippen molar-refractivity contribution < 1.29 is 0 Å². The summed E-state index contributed by atoms with van der Waals surface area (Å²) in [4.78, 5) is 4.36. The van der Waals surface area contributed by atoms with Crippen molar-refractivity contribution in [1.82, 2.24) is 4.98 Å². The van der Waals surface area contributed by atoms with Gasteiger partial charge in [0.15, 0.2) is 0 Å². The maximum Gasteiger partial charge on any atom is 0.0913 e. The third-order valence-corrected chi connectivity index (χ3v) is 3.66. The van der Waals surface area contributed by atoms with Gasteiger partial charge in [0.05, 0.1) is 26.4 Å². The zero-order chi connectivity index (χ0) is 11.2. The van der Waals surface area contributed by atoms with Gasteiger partial charge in [0, 0.05) is 10.4 Å². The number of hydrogen-bond donors (Lipinski definition) is 1. The largest absolute Gasteiger partial charge is 0.397 e. The standard InChI is InChI=1S/C10H7BrCl2N2/c1-4-8(11)9(14)6-2-5(12)3-7(13)10(6)15-4/h2-3H,1H3,(H2,14,15). The first-order chi connectivity index (χ1) is 7.00. The summed E-state index contributed by atoms with van der Waals surface area (Å²) in [5, 5.41) is 1.83. The number of nitrogen functional groups attached to an aromatic ring is 1. The molecular formula is C10H7BrCl2N2. The van der Waals surface area contributed by atoms with E-state index in [2.05, 4.69) is 20.9 Å². The first-order valence-corrected chi connectivity index (χ1v) is 5.76. The lowest BCUT2D eigenvalue weighted by molar-refractivity contribution is 1.24. The average Bonchev–Trinajstić information content (AvgIpc) is 2.17. The highest BCUT2D eigenvalue weighted by atomic mass is 79.9. The van der Waals surface area contributed by atoms with Gasteiger partial charge in [-0.2, -0.15) is 0 Å². The molecule has 78 valence electrons. The molecule has 0 amide bonds. The van der Waals surface area contributed by atoms with Gasteiger partial charge in [-0.1, -0.05) is 23.2 Å². The van der Waals surface area contributed by atoms with E-state index in [1.54, 1.807) is 12.1 Å². The van der Waals surface area contributed by atoms with E-state index in [0.717, 1.165) is 15.6 Å². The van der Waals surface area contributed by atoms with Crippen molar-refractivity contribution >= 4 is 55.7 Å². The molecule has 1 aromatic carbocycles. The average molecular weight is 306 g/mol. The Labute approximate surface area is 106 Å². The molecule has 15 heavy (non-hydrogen) atoms. The predicted octanol–water partition coefficient (Wildman–Crippen LogP) is 4.19. The van der Waals surface area contributed by atoms with Gasteiger partial charge in [0.2, 0.25) is 0 Å². The van der Waals surface area contributed by atoms with Crippen LogP contribution in [-0.4, -0.2) is 4.98 Å². The van der Waals surface area contributed by atoms with Crippen LogP contribution in [-0.2, 0) is 0 Å². The molecular weight excluding hydrogens is 299 g/mol. The normalized spacial score (nSPS) is 10.9. The Bertz CT molecular complexity index is 555. The molecule has 1 heterocycles. The molecule has 2 nitrogen and oxygen atoms in total. The highest BCUT2D eigenvalue weighted by Crippen LogP contribution is 2.35. The molecule has 1 aromatic heterocycles. The van der Waals surface area contributed by atoms with Crippen molar-refractivity contribution in [3.63, 3.8) is 0 Å². The lowest BCUT2D eigenvalue weighted by atomic mass is 10.1. The molecule has 0 aliphatic carbocycles. The molecule has 0 unspecified atom stereocenters. The number of aryl methyl sites for hydroxylation is 1. The Hall–Kier alpha value is -0.510. The van der Waals surface area contributed by atoms with Crippen LogP contribution in [0.4, 0.5) is 5.69 Å². The number of halogens is 3. The van der Waals surface area contributed by atoms with Crippen molar-refractivity contribution in [2.24, 2.45) is 0 Å². The highest BCUT2D eigenvalue weighted by Gasteiger charge is 2.11. The van der Waals surface area contributed by atoms with E-state index in [-0.39, 0.29) is 0 Å². The van der Waals surface area contributed by atoms with Gasteiger partial charge in [-0.3, -0.25) is 4.98 Å². The van der Waals surface area contributed by atoms with Crippen LogP contribution in [0.25, 0.3) is 10.9 Å². The number of rotatable bonds is 0. The van der Waals surface area contributed by atoms with E-state index in [1.807, 2.05) is 6.92 Å². The molecule has 0 aliphatic heterocycles. The lowest BCUT2D eigenvalue weighted by Gasteiger charge is -2.08. The molecule has 0 aliphatic rings. The number of nitrogens with zero attached hydrogens (tertiary/aromatic N) is 1. The number of hydrogen-bond acceptors (Lipinski definition) is 2. The Balaban J connectivity index is 2.98. The Morgan fingerprint density at radius 3 is 2.67 bits per heavy atom. The fraction of sp³-hybridized carbons (Fsp3) is 0.100. The summed E-state index contributed by atoms with van der Waals surface area (Å²) in [5.74, 6) is 0. The first-order valence-electron chi connectivity index (χ1n) is 4.21. The second kappa shape index (κ2) is 3.81. The topological polar surface area (TPSA) is 38.9 Å². The number of aromatic nitrogens is 1. The minimum absolute atomic E-state index is 0.514. The van der Waals surface area contributed by atoms with Gasteiger partial charge in [-0.15, -0.1) is 0 Å². The van der Waals surface area contributed by atoms with Crippen LogP contribution in [0.5, 0.6) is 0 Å². The molecule has 2 rings (SSSR count). The van der Waals surface area contributed by atoms with E-state index in [0.29, 0.717) is 21.2 Å². The summed E-state index contributed by atoms with van der Waals surface area (Å²) in [6, 6.07) is 3.42. The van der Waals surface area contributed by atoms with Gasteiger partial charge in [-0.05, 0) is 35.0 Å². The molecule has 0 fully saturated rings. The molecule has 0 bridgehead atoms. The molecule has 2 N–H and O–H groups in total. The number of pyridine rings is 1. The Morgan fingerprint density at radius 2 is 2.00 bits per heavy atom. The van der Waals surface area contributed by atoms with E-state index in [4.69, 9.17) is 28.9 Å². The summed E-state index contributed by atoms with van der Waals surface area (Å²) in [6.45, 7) is 1.87. The summed E-state index contributed by atoms with van der Waals surface area (Å²) < 4.78 is 0.785. The highest BCUT2D eigenvalue weighted by molar-refractivity contribution is 9.10. The molecule has 2 aromatic rings. The summed E-state index contributed by atoms with van der Waals surface area (Å²) in [5.41, 5.74) is 8.05. The van der Waals surface area contributed by atoms with Crippen LogP contribution < -0.4 is 5.73 Å². The SMILES string of the molecule is Cc1nc2c(Cl)cc(Cl)cc2c(N)c1Br. The zero-order valence-corrected chi connectivity index (χ0v) is 10.9. The van der Waals surface area contributed by atoms with Crippen molar-refractivity contribution in [3.05, 3.63) is 32.3 Å². The van der Waals surface area contributed by atoms with Crippen molar-refractivity contribution in [2.75, 3.05) is 5.73 Å². The number of fused-ring (bicyclic) bond motifs is 1. The van der Waals surface area contributed by atoms with Crippen LogP contribution in [0, 0.1) is 6.92 Å². The smallest absolute Gasteiger partial charge is 0.0913 e. The van der Waals surface area contributed by atoms with Gasteiger partial charge < -0.3 is 5.73 Å². The quantitative estimate of drug-likeness (QED) is 0.792. The predicted molar refractivity (Wildman–Crippen MR) is 68.6 cm³/mol. The molecule has 0 atom stereocenters. The lowest BCUT2D eigenvalue weighted by Crippen LogP contribution is -1.95. The Kier molecular flexibility index (Phi) is 2.79. The van der Waals surface area contributed by atoms with Crippen molar-refractivity contribution in [2.45, 2.75) is 6.92 Å². The number of benzene rings is 1. The summed E-state index contributed by atoms with van der Waals surface area (Å²) >= 11 is 15.3. The van der Waals surface area contributed by atoms with Gasteiger partial charge in [0.25, 0.3) is 0 Å². The van der Waals surface area contributed by atoms with Gasteiger partial charge in [-0.25, -0.2) is 0 Å². The van der Waals surface area contributed by atoms with Crippen LogP contribution in [0.15, 0.2) is 16.6 Å². The van der Waals surface area contributed by atoms with Crippen LogP contribution >= 0.6 is 39.1 Å². The molecule has 0 saturated heterocycles. The molecule has 0 radical (unpaired) electrons. The number of nitrogens with two attached hydrogens (primary N) is 1. The van der Waals surface area contributed by atoms with E-state index in [1.165, 1.54) is 0 Å². The molecule has 0 saturated carbocycles.